The predicted octanol–water partition coefficient (Wildman–Crippen LogP) is 2.27. The molecule has 2 N–H and O–H groups in total. The van der Waals surface area contributed by atoms with Crippen LogP contribution >= 0.6 is 11.3 Å². The highest BCUT2D eigenvalue weighted by molar-refractivity contribution is 7.19. The third kappa shape index (κ3) is 2.26. The molecule has 1 amide bonds. The van der Waals surface area contributed by atoms with Crippen molar-refractivity contribution in [2.75, 3.05) is 18.0 Å². The number of rotatable bonds is 2. The first-order valence-electron chi connectivity index (χ1n) is 8.03. The van der Waals surface area contributed by atoms with Crippen LogP contribution in [0.5, 0.6) is 0 Å². The van der Waals surface area contributed by atoms with E-state index < -0.39 is 0 Å². The molecular weight excluding hydrogens is 296 g/mol. The Balaban J connectivity index is 1.70. The number of hydrogen-bond acceptors (Lipinski definition) is 5. The van der Waals surface area contributed by atoms with Crippen molar-refractivity contribution in [2.45, 2.75) is 38.5 Å². The summed E-state index contributed by atoms with van der Waals surface area (Å²) in [5.74, 6) is 0.915. The molecule has 0 aromatic carbocycles. The van der Waals surface area contributed by atoms with Crippen molar-refractivity contribution in [3.8, 4) is 0 Å². The summed E-state index contributed by atoms with van der Waals surface area (Å²) in [5.41, 5.74) is 6.91. The topological polar surface area (TPSA) is 72.1 Å². The molecule has 0 spiro atoms. The third-order valence-corrected chi connectivity index (χ3v) is 6.13. The fraction of sp³-hybridized carbons (Fsp3) is 0.562. The first-order chi connectivity index (χ1) is 10.7. The van der Waals surface area contributed by atoms with E-state index in [0.29, 0.717) is 0 Å². The smallest absolute Gasteiger partial charge is 0.220 e. The number of nitrogens with two attached hydrogens (primary N) is 1. The predicted molar refractivity (Wildman–Crippen MR) is 88.2 cm³/mol. The number of aromatic nitrogens is 2. The molecular formula is C16H20N4OS. The first kappa shape index (κ1) is 13.9. The maximum absolute atomic E-state index is 11.3. The summed E-state index contributed by atoms with van der Waals surface area (Å²) in [4.78, 5) is 25.3. The number of anilines is 1. The van der Waals surface area contributed by atoms with Gasteiger partial charge in [-0.1, -0.05) is 0 Å². The van der Waals surface area contributed by atoms with Gasteiger partial charge in [-0.25, -0.2) is 9.97 Å². The molecule has 22 heavy (non-hydrogen) atoms. The molecule has 6 heteroatoms. The summed E-state index contributed by atoms with van der Waals surface area (Å²) in [6, 6.07) is 0. The van der Waals surface area contributed by atoms with Crippen LogP contribution in [0, 0.1) is 5.92 Å². The van der Waals surface area contributed by atoms with Gasteiger partial charge < -0.3 is 10.6 Å². The van der Waals surface area contributed by atoms with Gasteiger partial charge in [0.15, 0.2) is 0 Å². The van der Waals surface area contributed by atoms with Crippen LogP contribution < -0.4 is 10.6 Å². The van der Waals surface area contributed by atoms with Crippen molar-refractivity contribution < 1.29 is 4.79 Å². The monoisotopic (exact) mass is 316 g/mol. The second-order valence-corrected chi connectivity index (χ2v) is 7.34. The summed E-state index contributed by atoms with van der Waals surface area (Å²) < 4.78 is 0. The van der Waals surface area contributed by atoms with E-state index in [1.165, 1.54) is 35.1 Å². The van der Waals surface area contributed by atoms with Gasteiger partial charge in [-0.05, 0) is 44.1 Å². The van der Waals surface area contributed by atoms with E-state index in [2.05, 4.69) is 14.9 Å². The van der Waals surface area contributed by atoms with E-state index in [9.17, 15) is 4.79 Å². The SMILES string of the molecule is NC(=O)C1CCN(c2ncnc3sc4c(c23)CCCC4)CC1. The number of nitrogens with zero attached hydrogens (tertiary/aromatic N) is 3. The standard InChI is InChI=1S/C16H20N4OS/c17-14(21)10-5-7-20(8-6-10)15-13-11-3-1-2-4-12(11)22-16(13)19-9-18-15/h9-10H,1-8H2,(H2,17,21). The van der Waals surface area contributed by atoms with Gasteiger partial charge >= 0.3 is 0 Å². The molecule has 0 radical (unpaired) electrons. The number of hydrogen-bond donors (Lipinski definition) is 1. The second kappa shape index (κ2) is 5.50. The van der Waals surface area contributed by atoms with Crippen molar-refractivity contribution in [1.82, 2.24) is 9.97 Å². The van der Waals surface area contributed by atoms with E-state index in [-0.39, 0.29) is 11.8 Å². The zero-order valence-electron chi connectivity index (χ0n) is 12.5. The van der Waals surface area contributed by atoms with Crippen LogP contribution in [0.25, 0.3) is 10.2 Å². The molecule has 1 saturated heterocycles. The van der Waals surface area contributed by atoms with Gasteiger partial charge in [0.1, 0.15) is 17.0 Å². The number of thiophene rings is 1. The number of amides is 1. The van der Waals surface area contributed by atoms with Gasteiger partial charge in [0.2, 0.25) is 5.91 Å². The molecule has 1 fully saturated rings. The Morgan fingerprint density at radius 3 is 2.77 bits per heavy atom. The van der Waals surface area contributed by atoms with Gasteiger partial charge in [-0.15, -0.1) is 11.3 Å². The minimum Gasteiger partial charge on any atom is -0.369 e. The molecule has 0 unspecified atom stereocenters. The highest BCUT2D eigenvalue weighted by Gasteiger charge is 2.27. The highest BCUT2D eigenvalue weighted by atomic mass is 32.1. The molecule has 0 saturated carbocycles. The van der Waals surface area contributed by atoms with Gasteiger partial charge in [0.05, 0.1) is 5.39 Å². The molecule has 2 aromatic heterocycles. The summed E-state index contributed by atoms with van der Waals surface area (Å²) in [6.07, 6.45) is 8.20. The van der Waals surface area contributed by atoms with E-state index in [0.717, 1.165) is 43.0 Å². The maximum Gasteiger partial charge on any atom is 0.220 e. The number of aryl methyl sites for hydroxylation is 2. The summed E-state index contributed by atoms with van der Waals surface area (Å²) in [6.45, 7) is 1.70. The molecule has 3 heterocycles. The zero-order chi connectivity index (χ0) is 15.1. The molecule has 1 aliphatic carbocycles. The lowest BCUT2D eigenvalue weighted by Crippen LogP contribution is -2.39. The van der Waals surface area contributed by atoms with Crippen molar-refractivity contribution in [2.24, 2.45) is 11.7 Å². The normalized spacial score (nSPS) is 19.4. The van der Waals surface area contributed by atoms with Gasteiger partial charge in [0.25, 0.3) is 0 Å². The van der Waals surface area contributed by atoms with Crippen molar-refractivity contribution in [3.63, 3.8) is 0 Å². The number of carbonyl (C=O) groups excluding carboxylic acids is 1. The Kier molecular flexibility index (Phi) is 3.48. The lowest BCUT2D eigenvalue weighted by Gasteiger charge is -2.32. The molecule has 2 aromatic rings. The molecule has 116 valence electrons. The number of primary amides is 1. The Morgan fingerprint density at radius 2 is 2.00 bits per heavy atom. The lowest BCUT2D eigenvalue weighted by atomic mass is 9.94. The van der Waals surface area contributed by atoms with Crippen LogP contribution in [-0.4, -0.2) is 29.0 Å². The molecule has 0 bridgehead atoms. The summed E-state index contributed by atoms with van der Waals surface area (Å²) in [7, 11) is 0. The molecule has 0 atom stereocenters. The van der Waals surface area contributed by atoms with Crippen LogP contribution in [-0.2, 0) is 17.6 Å². The Labute approximate surface area is 133 Å². The Bertz CT molecular complexity index is 718. The van der Waals surface area contributed by atoms with Crippen molar-refractivity contribution in [3.05, 3.63) is 16.8 Å². The van der Waals surface area contributed by atoms with E-state index in [1.807, 2.05) is 11.3 Å². The average molecular weight is 316 g/mol. The maximum atomic E-state index is 11.3. The fourth-order valence-electron chi connectivity index (χ4n) is 3.69. The van der Waals surface area contributed by atoms with E-state index in [4.69, 9.17) is 5.73 Å². The molecule has 2 aliphatic rings. The summed E-state index contributed by atoms with van der Waals surface area (Å²) >= 11 is 1.83. The van der Waals surface area contributed by atoms with Crippen LogP contribution in [0.3, 0.4) is 0 Å². The largest absolute Gasteiger partial charge is 0.369 e. The Morgan fingerprint density at radius 1 is 1.23 bits per heavy atom. The average Bonchev–Trinajstić information content (AvgIpc) is 2.93. The van der Waals surface area contributed by atoms with Crippen LogP contribution in [0.4, 0.5) is 5.82 Å². The van der Waals surface area contributed by atoms with E-state index >= 15 is 0 Å². The number of piperidine rings is 1. The van der Waals surface area contributed by atoms with Crippen LogP contribution in [0.1, 0.15) is 36.1 Å². The van der Waals surface area contributed by atoms with Gasteiger partial charge in [-0.2, -0.15) is 0 Å². The van der Waals surface area contributed by atoms with Crippen LogP contribution in [0.15, 0.2) is 6.33 Å². The minimum atomic E-state index is -0.166. The highest BCUT2D eigenvalue weighted by Crippen LogP contribution is 2.39. The minimum absolute atomic E-state index is 0.0185. The van der Waals surface area contributed by atoms with Gasteiger partial charge in [-0.3, -0.25) is 4.79 Å². The van der Waals surface area contributed by atoms with Crippen molar-refractivity contribution in [1.29, 1.82) is 0 Å². The third-order valence-electron chi connectivity index (χ3n) is 4.93. The van der Waals surface area contributed by atoms with E-state index in [1.54, 1.807) is 6.33 Å². The first-order valence-corrected chi connectivity index (χ1v) is 8.85. The van der Waals surface area contributed by atoms with Gasteiger partial charge in [0, 0.05) is 23.9 Å². The molecule has 4 rings (SSSR count). The second-order valence-electron chi connectivity index (χ2n) is 6.25. The lowest BCUT2D eigenvalue weighted by molar-refractivity contribution is -0.122. The zero-order valence-corrected chi connectivity index (χ0v) is 13.4. The number of fused-ring (bicyclic) bond motifs is 3. The summed E-state index contributed by atoms with van der Waals surface area (Å²) in [5, 5.41) is 1.26. The molecule has 5 nitrogen and oxygen atoms in total. The molecule has 1 aliphatic heterocycles. The fourth-order valence-corrected chi connectivity index (χ4v) is 4.91. The quantitative estimate of drug-likeness (QED) is 0.922. The Hall–Kier alpha value is -1.69. The van der Waals surface area contributed by atoms with Crippen molar-refractivity contribution >= 4 is 33.3 Å². The van der Waals surface area contributed by atoms with Crippen LogP contribution in [0.2, 0.25) is 0 Å². The number of carbonyl (C=O) groups is 1.